The summed E-state index contributed by atoms with van der Waals surface area (Å²) < 4.78 is 0. The Morgan fingerprint density at radius 1 is 1.82 bits per heavy atom. The minimum atomic E-state index is -0.0446. The van der Waals surface area contributed by atoms with E-state index in [4.69, 9.17) is 0 Å². The molecule has 5 heteroatoms. The van der Waals surface area contributed by atoms with E-state index in [-0.39, 0.29) is 5.91 Å². The lowest BCUT2D eigenvalue weighted by molar-refractivity contribution is -0.115. The third-order valence-corrected chi connectivity index (χ3v) is 1.47. The number of imidazole rings is 1. The molecule has 1 aromatic rings. The fourth-order valence-corrected chi connectivity index (χ4v) is 0.974. The number of hydrogen-bond donors (Lipinski definition) is 2. The van der Waals surface area contributed by atoms with Gasteiger partial charge in [0.05, 0.1) is 0 Å². The minimum Gasteiger partial charge on any atom is -0.331 e. The van der Waals surface area contributed by atoms with Crippen LogP contribution in [0.5, 0.6) is 0 Å². The first-order valence-electron chi connectivity index (χ1n) is 3.18. The molecule has 1 rings (SSSR count). The number of carbonyl (C=O) groups excluding carboxylic acids is 1. The summed E-state index contributed by atoms with van der Waals surface area (Å²) in [6.45, 7) is 0. The van der Waals surface area contributed by atoms with Crippen LogP contribution in [-0.4, -0.2) is 21.2 Å². The maximum Gasteiger partial charge on any atom is 0.227 e. The topological polar surface area (TPSA) is 57.8 Å². The van der Waals surface area contributed by atoms with Gasteiger partial charge >= 0.3 is 0 Å². The number of rotatable bonds is 3. The molecular weight excluding hydrogens is 210 g/mol. The van der Waals surface area contributed by atoms with Crippen molar-refractivity contribution < 1.29 is 4.79 Å². The number of aromatic amines is 1. The quantitative estimate of drug-likeness (QED) is 0.747. The standard InChI is InChI=1S/C6H8BrN3O/c7-2-1-5(11)10-6-8-3-4-9-6/h3-4H,1-2H2,(H2,8,9,10,11). The lowest BCUT2D eigenvalue weighted by Crippen LogP contribution is -2.12. The molecule has 11 heavy (non-hydrogen) atoms. The molecule has 0 spiro atoms. The van der Waals surface area contributed by atoms with Crippen LogP contribution in [0.2, 0.25) is 0 Å². The SMILES string of the molecule is O=C(CCBr)Nc1ncc[nH]1. The average Bonchev–Trinajstić information content (AvgIpc) is 2.40. The highest BCUT2D eigenvalue weighted by Crippen LogP contribution is 1.97. The average molecular weight is 218 g/mol. The third kappa shape index (κ3) is 2.71. The summed E-state index contributed by atoms with van der Waals surface area (Å²) in [6, 6.07) is 0. The van der Waals surface area contributed by atoms with Gasteiger partial charge in [-0.05, 0) is 0 Å². The van der Waals surface area contributed by atoms with Crippen molar-refractivity contribution in [2.75, 3.05) is 10.6 Å². The summed E-state index contributed by atoms with van der Waals surface area (Å²) in [4.78, 5) is 17.5. The molecule has 1 amide bonds. The summed E-state index contributed by atoms with van der Waals surface area (Å²) in [5, 5.41) is 3.25. The van der Waals surface area contributed by atoms with Crippen molar-refractivity contribution in [3.05, 3.63) is 12.4 Å². The molecule has 0 saturated heterocycles. The Kier molecular flexibility index (Phi) is 3.10. The van der Waals surface area contributed by atoms with E-state index in [9.17, 15) is 4.79 Å². The van der Waals surface area contributed by atoms with Gasteiger partial charge in [-0.1, -0.05) is 15.9 Å². The first kappa shape index (κ1) is 8.26. The number of carbonyl (C=O) groups is 1. The van der Waals surface area contributed by atoms with Gasteiger partial charge in [0.15, 0.2) is 0 Å². The lowest BCUT2D eigenvalue weighted by Gasteiger charge is -1.97. The van der Waals surface area contributed by atoms with Crippen molar-refractivity contribution in [1.82, 2.24) is 9.97 Å². The third-order valence-electron chi connectivity index (χ3n) is 1.08. The molecule has 0 atom stereocenters. The number of amides is 1. The summed E-state index contributed by atoms with van der Waals surface area (Å²) in [7, 11) is 0. The minimum absolute atomic E-state index is 0.0446. The Morgan fingerprint density at radius 3 is 3.18 bits per heavy atom. The van der Waals surface area contributed by atoms with E-state index < -0.39 is 0 Å². The van der Waals surface area contributed by atoms with Crippen LogP contribution in [0.3, 0.4) is 0 Å². The number of nitrogens with one attached hydrogen (secondary N) is 2. The van der Waals surface area contributed by atoms with Crippen LogP contribution in [0.25, 0.3) is 0 Å². The van der Waals surface area contributed by atoms with Gasteiger partial charge in [0.1, 0.15) is 0 Å². The Bertz CT molecular complexity index is 222. The van der Waals surface area contributed by atoms with Gasteiger partial charge in [-0.3, -0.25) is 10.1 Å². The summed E-state index contributed by atoms with van der Waals surface area (Å²) >= 11 is 3.16. The van der Waals surface area contributed by atoms with E-state index in [1.807, 2.05) is 0 Å². The monoisotopic (exact) mass is 217 g/mol. The van der Waals surface area contributed by atoms with Gasteiger partial charge in [-0.25, -0.2) is 4.98 Å². The molecular formula is C6H8BrN3O. The second-order valence-corrected chi connectivity index (χ2v) is 2.72. The smallest absolute Gasteiger partial charge is 0.227 e. The molecule has 60 valence electrons. The van der Waals surface area contributed by atoms with Crippen LogP contribution in [-0.2, 0) is 4.79 Å². The van der Waals surface area contributed by atoms with E-state index in [2.05, 4.69) is 31.2 Å². The van der Waals surface area contributed by atoms with E-state index in [0.717, 1.165) is 0 Å². The Balaban J connectivity index is 2.37. The molecule has 1 heterocycles. The fraction of sp³-hybridized carbons (Fsp3) is 0.333. The predicted molar refractivity (Wildman–Crippen MR) is 45.6 cm³/mol. The van der Waals surface area contributed by atoms with Crippen LogP contribution in [0.1, 0.15) is 6.42 Å². The molecule has 0 aliphatic carbocycles. The fourth-order valence-electron chi connectivity index (χ4n) is 0.614. The molecule has 0 aliphatic rings. The number of aromatic nitrogens is 2. The van der Waals surface area contributed by atoms with Crippen molar-refractivity contribution >= 4 is 27.8 Å². The van der Waals surface area contributed by atoms with E-state index in [0.29, 0.717) is 17.7 Å². The van der Waals surface area contributed by atoms with Gasteiger partial charge in [0, 0.05) is 24.1 Å². The van der Waals surface area contributed by atoms with Crippen molar-refractivity contribution in [2.45, 2.75) is 6.42 Å². The first-order valence-corrected chi connectivity index (χ1v) is 4.30. The predicted octanol–water partition coefficient (Wildman–Crippen LogP) is 1.13. The van der Waals surface area contributed by atoms with Crippen LogP contribution >= 0.6 is 15.9 Å². The highest BCUT2D eigenvalue weighted by Gasteiger charge is 2.00. The zero-order valence-corrected chi connectivity index (χ0v) is 7.39. The van der Waals surface area contributed by atoms with Crippen molar-refractivity contribution in [3.63, 3.8) is 0 Å². The highest BCUT2D eigenvalue weighted by molar-refractivity contribution is 9.09. The van der Waals surface area contributed by atoms with E-state index in [1.165, 1.54) is 0 Å². The summed E-state index contributed by atoms with van der Waals surface area (Å²) in [6.07, 6.45) is 3.70. The van der Waals surface area contributed by atoms with Gasteiger partial charge in [-0.2, -0.15) is 0 Å². The molecule has 0 fully saturated rings. The van der Waals surface area contributed by atoms with Gasteiger partial charge in [0.2, 0.25) is 11.9 Å². The molecule has 0 aromatic carbocycles. The van der Waals surface area contributed by atoms with Crippen LogP contribution < -0.4 is 5.32 Å². The molecule has 2 N–H and O–H groups in total. The van der Waals surface area contributed by atoms with Crippen LogP contribution in [0.4, 0.5) is 5.95 Å². The van der Waals surface area contributed by atoms with Gasteiger partial charge < -0.3 is 4.98 Å². The molecule has 0 radical (unpaired) electrons. The van der Waals surface area contributed by atoms with Crippen molar-refractivity contribution in [2.24, 2.45) is 0 Å². The van der Waals surface area contributed by atoms with E-state index >= 15 is 0 Å². The van der Waals surface area contributed by atoms with Crippen LogP contribution in [0, 0.1) is 0 Å². The molecule has 0 bridgehead atoms. The lowest BCUT2D eigenvalue weighted by atomic mass is 10.5. The number of anilines is 1. The number of H-pyrrole nitrogens is 1. The number of nitrogens with zero attached hydrogens (tertiary/aromatic N) is 1. The Hall–Kier alpha value is -0.840. The van der Waals surface area contributed by atoms with Crippen molar-refractivity contribution in [1.29, 1.82) is 0 Å². The van der Waals surface area contributed by atoms with Crippen molar-refractivity contribution in [3.8, 4) is 0 Å². The van der Waals surface area contributed by atoms with Crippen LogP contribution in [0.15, 0.2) is 12.4 Å². The normalized spacial score (nSPS) is 9.55. The second-order valence-electron chi connectivity index (χ2n) is 1.92. The molecule has 0 unspecified atom stereocenters. The maximum absolute atomic E-state index is 10.9. The molecule has 1 aromatic heterocycles. The first-order chi connectivity index (χ1) is 5.33. The number of halogens is 1. The molecule has 0 aliphatic heterocycles. The number of hydrogen-bond acceptors (Lipinski definition) is 2. The number of alkyl halides is 1. The zero-order valence-electron chi connectivity index (χ0n) is 5.80. The van der Waals surface area contributed by atoms with E-state index in [1.54, 1.807) is 12.4 Å². The van der Waals surface area contributed by atoms with Gasteiger partial charge in [-0.15, -0.1) is 0 Å². The Morgan fingerprint density at radius 2 is 2.64 bits per heavy atom. The molecule has 0 saturated carbocycles. The second kappa shape index (κ2) is 4.12. The summed E-state index contributed by atoms with van der Waals surface area (Å²) in [5.41, 5.74) is 0. The highest BCUT2D eigenvalue weighted by atomic mass is 79.9. The largest absolute Gasteiger partial charge is 0.331 e. The van der Waals surface area contributed by atoms with Gasteiger partial charge in [0.25, 0.3) is 0 Å². The zero-order chi connectivity index (χ0) is 8.10. The Labute approximate surface area is 72.5 Å². The molecule has 4 nitrogen and oxygen atoms in total. The summed E-state index contributed by atoms with van der Waals surface area (Å²) in [5.74, 6) is 0.452. The maximum atomic E-state index is 10.9.